The van der Waals surface area contributed by atoms with Gasteiger partial charge in [0.1, 0.15) is 0 Å². The molecule has 0 aliphatic rings. The number of benzene rings is 1. The summed E-state index contributed by atoms with van der Waals surface area (Å²) in [7, 11) is 3.25. The maximum absolute atomic E-state index is 12.0. The molecule has 3 rings (SSSR count). The van der Waals surface area contributed by atoms with Gasteiger partial charge in [-0.15, -0.1) is 5.10 Å². The van der Waals surface area contributed by atoms with E-state index in [9.17, 15) is 4.79 Å². The van der Waals surface area contributed by atoms with Crippen molar-refractivity contribution in [1.29, 1.82) is 0 Å². The maximum atomic E-state index is 12.0. The van der Waals surface area contributed by atoms with Crippen molar-refractivity contribution in [3.05, 3.63) is 46.1 Å². The fraction of sp³-hybridized carbons (Fsp3) is 0.421. The molecule has 0 saturated carbocycles. The Labute approximate surface area is 157 Å². The van der Waals surface area contributed by atoms with E-state index in [1.54, 1.807) is 20.4 Å². The predicted molar refractivity (Wildman–Crippen MR) is 104 cm³/mol. The van der Waals surface area contributed by atoms with Crippen molar-refractivity contribution in [2.75, 3.05) is 26.1 Å². The molecule has 8 nitrogen and oxygen atoms in total. The number of nitrogens with zero attached hydrogens (tertiary/aromatic N) is 3. The first-order chi connectivity index (χ1) is 12.8. The molecule has 0 bridgehead atoms. The summed E-state index contributed by atoms with van der Waals surface area (Å²) >= 11 is 0. The topological polar surface area (TPSA) is 93.5 Å². The molecule has 0 aliphatic heterocycles. The van der Waals surface area contributed by atoms with Gasteiger partial charge in [0.15, 0.2) is 17.3 Å². The molecule has 27 heavy (non-hydrogen) atoms. The Morgan fingerprint density at radius 2 is 2.00 bits per heavy atom. The molecular weight excluding hydrogens is 346 g/mol. The molecule has 2 heterocycles. The van der Waals surface area contributed by atoms with E-state index in [1.807, 2.05) is 18.2 Å². The quantitative estimate of drug-likeness (QED) is 0.691. The Bertz CT molecular complexity index is 1000. The molecule has 144 valence electrons. The van der Waals surface area contributed by atoms with Crippen LogP contribution in [-0.2, 0) is 11.8 Å². The lowest BCUT2D eigenvalue weighted by atomic mass is 9.93. The number of hydrogen-bond acceptors (Lipinski definition) is 6. The van der Waals surface area contributed by atoms with Gasteiger partial charge in [-0.3, -0.25) is 0 Å². The summed E-state index contributed by atoms with van der Waals surface area (Å²) in [6.45, 7) is 6.76. The highest BCUT2D eigenvalue weighted by Gasteiger charge is 2.20. The normalized spacial score (nSPS) is 11.6. The van der Waals surface area contributed by atoms with Crippen LogP contribution in [0.1, 0.15) is 32.0 Å². The van der Waals surface area contributed by atoms with Gasteiger partial charge in [0.05, 0.1) is 19.9 Å². The monoisotopic (exact) mass is 371 g/mol. The molecule has 3 aromatic rings. The third-order valence-corrected chi connectivity index (χ3v) is 4.34. The molecule has 0 unspecified atom stereocenters. The number of fused-ring (bicyclic) bond motifs is 1. The van der Waals surface area contributed by atoms with Crippen molar-refractivity contribution in [3.63, 3.8) is 0 Å². The van der Waals surface area contributed by atoms with Crippen molar-refractivity contribution in [2.45, 2.75) is 32.6 Å². The van der Waals surface area contributed by atoms with Crippen LogP contribution in [-0.4, -0.2) is 40.3 Å². The van der Waals surface area contributed by atoms with Crippen LogP contribution >= 0.6 is 0 Å². The number of ether oxygens (including phenoxy) is 2. The van der Waals surface area contributed by atoms with Gasteiger partial charge in [-0.2, -0.15) is 0 Å². The summed E-state index contributed by atoms with van der Waals surface area (Å²) < 4.78 is 12.3. The number of hydrogen-bond donors (Lipinski definition) is 2. The number of anilines is 1. The number of aromatic amines is 1. The average molecular weight is 371 g/mol. The summed E-state index contributed by atoms with van der Waals surface area (Å²) in [4.78, 5) is 16.7. The SMILES string of the molecule is COc1cccc(CCNc2nc(C(C)(C)C)cn3c(=O)[nH]nc23)c1OC. The molecule has 1 aromatic carbocycles. The Balaban J connectivity index is 1.87. The zero-order chi connectivity index (χ0) is 19.6. The smallest absolute Gasteiger partial charge is 0.347 e. The molecule has 0 atom stereocenters. The Morgan fingerprint density at radius 3 is 2.67 bits per heavy atom. The second-order valence-electron chi connectivity index (χ2n) is 7.28. The van der Waals surface area contributed by atoms with E-state index in [4.69, 9.17) is 9.47 Å². The van der Waals surface area contributed by atoms with E-state index in [0.29, 0.717) is 30.2 Å². The molecule has 0 amide bonds. The summed E-state index contributed by atoms with van der Waals surface area (Å²) in [5.74, 6) is 1.99. The van der Waals surface area contributed by atoms with Gasteiger partial charge in [-0.25, -0.2) is 19.3 Å². The Hall–Kier alpha value is -3.03. The number of para-hydroxylation sites is 1. The van der Waals surface area contributed by atoms with E-state index >= 15 is 0 Å². The molecule has 0 aliphatic carbocycles. The summed E-state index contributed by atoms with van der Waals surface area (Å²) in [5.41, 5.74) is 1.82. The fourth-order valence-corrected chi connectivity index (χ4v) is 2.86. The molecular formula is C19H25N5O3. The van der Waals surface area contributed by atoms with Gasteiger partial charge < -0.3 is 14.8 Å². The van der Waals surface area contributed by atoms with Crippen LogP contribution in [0.4, 0.5) is 5.82 Å². The van der Waals surface area contributed by atoms with E-state index in [0.717, 1.165) is 17.0 Å². The van der Waals surface area contributed by atoms with Crippen molar-refractivity contribution in [1.82, 2.24) is 19.6 Å². The second-order valence-corrected chi connectivity index (χ2v) is 7.28. The molecule has 8 heteroatoms. The van der Waals surface area contributed by atoms with Gasteiger partial charge in [0, 0.05) is 18.2 Å². The van der Waals surface area contributed by atoms with Crippen LogP contribution < -0.4 is 20.5 Å². The van der Waals surface area contributed by atoms with Gasteiger partial charge in [-0.1, -0.05) is 32.9 Å². The zero-order valence-electron chi connectivity index (χ0n) is 16.3. The summed E-state index contributed by atoms with van der Waals surface area (Å²) in [6.07, 6.45) is 2.43. The molecule has 0 saturated heterocycles. The number of nitrogens with one attached hydrogen (secondary N) is 2. The average Bonchev–Trinajstić information content (AvgIpc) is 3.02. The minimum Gasteiger partial charge on any atom is -0.493 e. The van der Waals surface area contributed by atoms with E-state index < -0.39 is 0 Å². The number of methoxy groups -OCH3 is 2. The highest BCUT2D eigenvalue weighted by atomic mass is 16.5. The number of rotatable bonds is 6. The van der Waals surface area contributed by atoms with Crippen LogP contribution in [0.5, 0.6) is 11.5 Å². The van der Waals surface area contributed by atoms with Gasteiger partial charge in [0.25, 0.3) is 0 Å². The molecule has 2 N–H and O–H groups in total. The Morgan fingerprint density at radius 1 is 1.22 bits per heavy atom. The first-order valence-corrected chi connectivity index (χ1v) is 8.77. The van der Waals surface area contributed by atoms with Gasteiger partial charge in [0.2, 0.25) is 5.65 Å². The van der Waals surface area contributed by atoms with Crippen LogP contribution in [0, 0.1) is 0 Å². The van der Waals surface area contributed by atoms with Crippen LogP contribution in [0.15, 0.2) is 29.2 Å². The standard InChI is InChI=1S/C19H25N5O3/c1-19(2,3)14-11-24-17(22-23-18(24)25)16(21-14)20-10-9-12-7-6-8-13(26-4)15(12)27-5/h6-8,11H,9-10H2,1-5H3,(H,20,21)(H,23,25). The highest BCUT2D eigenvalue weighted by molar-refractivity contribution is 5.62. The van der Waals surface area contributed by atoms with Crippen molar-refractivity contribution < 1.29 is 9.47 Å². The predicted octanol–water partition coefficient (Wildman–Crippen LogP) is 2.39. The largest absolute Gasteiger partial charge is 0.493 e. The number of aromatic nitrogens is 4. The van der Waals surface area contributed by atoms with Crippen molar-refractivity contribution in [2.24, 2.45) is 0 Å². The van der Waals surface area contributed by atoms with Crippen molar-refractivity contribution >= 4 is 11.5 Å². The molecule has 2 aromatic heterocycles. The second kappa shape index (κ2) is 7.30. The van der Waals surface area contributed by atoms with Crippen molar-refractivity contribution in [3.8, 4) is 11.5 Å². The summed E-state index contributed by atoms with van der Waals surface area (Å²) in [5, 5.41) is 9.86. The van der Waals surface area contributed by atoms with Gasteiger partial charge >= 0.3 is 5.69 Å². The van der Waals surface area contributed by atoms with Gasteiger partial charge in [-0.05, 0) is 18.1 Å². The minimum atomic E-state index is -0.282. The minimum absolute atomic E-state index is 0.197. The van der Waals surface area contributed by atoms with E-state index in [1.165, 1.54) is 4.40 Å². The van der Waals surface area contributed by atoms with Crippen LogP contribution in [0.3, 0.4) is 0 Å². The maximum Gasteiger partial charge on any atom is 0.347 e. The Kier molecular flexibility index (Phi) is 5.07. The summed E-state index contributed by atoms with van der Waals surface area (Å²) in [6, 6.07) is 5.79. The highest BCUT2D eigenvalue weighted by Crippen LogP contribution is 2.31. The lowest BCUT2D eigenvalue weighted by Crippen LogP contribution is -2.20. The van der Waals surface area contributed by atoms with Crippen LogP contribution in [0.25, 0.3) is 5.65 Å². The lowest BCUT2D eigenvalue weighted by Gasteiger charge is -2.19. The van der Waals surface area contributed by atoms with E-state index in [-0.39, 0.29) is 11.1 Å². The zero-order valence-corrected chi connectivity index (χ0v) is 16.3. The third-order valence-electron chi connectivity index (χ3n) is 4.34. The van der Waals surface area contributed by atoms with Crippen LogP contribution in [0.2, 0.25) is 0 Å². The van der Waals surface area contributed by atoms with E-state index in [2.05, 4.69) is 41.3 Å². The molecule has 0 spiro atoms. The fourth-order valence-electron chi connectivity index (χ4n) is 2.86. The number of H-pyrrole nitrogens is 1. The lowest BCUT2D eigenvalue weighted by molar-refractivity contribution is 0.352. The molecule has 0 radical (unpaired) electrons. The first kappa shape index (κ1) is 18.8. The third kappa shape index (κ3) is 3.74. The first-order valence-electron chi connectivity index (χ1n) is 8.77. The molecule has 0 fully saturated rings.